The van der Waals surface area contributed by atoms with E-state index in [-0.39, 0.29) is 11.9 Å². The Labute approximate surface area is 152 Å². The van der Waals surface area contributed by atoms with E-state index in [0.29, 0.717) is 38.2 Å². The number of carbonyl (C=O) groups is 1. The standard InChI is InChI=1S/C17H21N5O3S/c1-26(24,25)22-8-2-7-21(9-10-22)16(23)14-5-3-13(4-6-14)15-11-19-17(18)20-12-15/h3-6,11-12H,2,7-10H2,1H3,(H2,18,19,20). The Morgan fingerprint density at radius 2 is 1.65 bits per heavy atom. The maximum absolute atomic E-state index is 12.7. The second-order valence-electron chi connectivity index (χ2n) is 6.22. The number of anilines is 1. The Morgan fingerprint density at radius 1 is 1.00 bits per heavy atom. The van der Waals surface area contributed by atoms with Crippen molar-refractivity contribution in [3.63, 3.8) is 0 Å². The zero-order valence-electron chi connectivity index (χ0n) is 14.5. The molecule has 1 fully saturated rings. The monoisotopic (exact) mass is 375 g/mol. The van der Waals surface area contributed by atoms with Gasteiger partial charge >= 0.3 is 0 Å². The molecule has 9 heteroatoms. The fourth-order valence-corrected chi connectivity index (χ4v) is 3.78. The Kier molecular flexibility index (Phi) is 5.19. The van der Waals surface area contributed by atoms with E-state index in [1.165, 1.54) is 10.6 Å². The van der Waals surface area contributed by atoms with Crippen molar-refractivity contribution in [1.29, 1.82) is 0 Å². The third-order valence-electron chi connectivity index (χ3n) is 4.35. The molecule has 138 valence electrons. The molecule has 1 aliphatic rings. The van der Waals surface area contributed by atoms with E-state index < -0.39 is 10.0 Å². The Bertz CT molecular complexity index is 882. The van der Waals surface area contributed by atoms with Gasteiger partial charge < -0.3 is 10.6 Å². The minimum atomic E-state index is -3.23. The molecule has 1 amide bonds. The van der Waals surface area contributed by atoms with Crippen molar-refractivity contribution in [3.05, 3.63) is 42.2 Å². The Balaban J connectivity index is 1.71. The van der Waals surface area contributed by atoms with Gasteiger partial charge in [-0.3, -0.25) is 4.79 Å². The Hall–Kier alpha value is -2.52. The molecule has 0 spiro atoms. The first-order valence-electron chi connectivity index (χ1n) is 8.27. The molecule has 0 atom stereocenters. The lowest BCUT2D eigenvalue weighted by molar-refractivity contribution is 0.0764. The molecule has 0 saturated carbocycles. The minimum Gasteiger partial charge on any atom is -0.368 e. The molecule has 2 heterocycles. The van der Waals surface area contributed by atoms with Crippen molar-refractivity contribution in [2.75, 3.05) is 38.2 Å². The van der Waals surface area contributed by atoms with E-state index in [9.17, 15) is 13.2 Å². The molecule has 0 aliphatic carbocycles. The van der Waals surface area contributed by atoms with Gasteiger partial charge in [-0.05, 0) is 24.1 Å². The van der Waals surface area contributed by atoms with Gasteiger partial charge in [0.25, 0.3) is 5.91 Å². The molecule has 0 bridgehead atoms. The summed E-state index contributed by atoms with van der Waals surface area (Å²) < 4.78 is 24.8. The van der Waals surface area contributed by atoms with Crippen LogP contribution in [0.15, 0.2) is 36.7 Å². The van der Waals surface area contributed by atoms with Crippen LogP contribution in [0.2, 0.25) is 0 Å². The molecule has 1 aromatic carbocycles. The van der Waals surface area contributed by atoms with Crippen LogP contribution in [-0.2, 0) is 10.0 Å². The summed E-state index contributed by atoms with van der Waals surface area (Å²) in [6.07, 6.45) is 5.09. The van der Waals surface area contributed by atoms with Crippen molar-refractivity contribution in [2.45, 2.75) is 6.42 Å². The maximum Gasteiger partial charge on any atom is 0.253 e. The van der Waals surface area contributed by atoms with Gasteiger partial charge in [0.05, 0.1) is 6.26 Å². The number of sulfonamides is 1. The summed E-state index contributed by atoms with van der Waals surface area (Å²) in [5.41, 5.74) is 7.76. The average molecular weight is 375 g/mol. The molecule has 2 aromatic rings. The van der Waals surface area contributed by atoms with Crippen molar-refractivity contribution in [2.24, 2.45) is 0 Å². The molecular formula is C17H21N5O3S. The smallest absolute Gasteiger partial charge is 0.253 e. The van der Waals surface area contributed by atoms with E-state index in [1.54, 1.807) is 29.4 Å². The lowest BCUT2D eigenvalue weighted by Crippen LogP contribution is -2.36. The fourth-order valence-electron chi connectivity index (χ4n) is 2.90. The molecular weight excluding hydrogens is 354 g/mol. The number of hydrogen-bond donors (Lipinski definition) is 1. The Morgan fingerprint density at radius 3 is 2.27 bits per heavy atom. The van der Waals surface area contributed by atoms with Gasteiger partial charge in [-0.2, -0.15) is 0 Å². The van der Waals surface area contributed by atoms with Crippen LogP contribution < -0.4 is 5.73 Å². The molecule has 26 heavy (non-hydrogen) atoms. The summed E-state index contributed by atoms with van der Waals surface area (Å²) in [5.74, 6) is 0.116. The van der Waals surface area contributed by atoms with Crippen LogP contribution in [0.25, 0.3) is 11.1 Å². The van der Waals surface area contributed by atoms with Crippen LogP contribution >= 0.6 is 0 Å². The number of benzene rings is 1. The predicted molar refractivity (Wildman–Crippen MR) is 98.8 cm³/mol. The first-order chi connectivity index (χ1) is 12.3. The largest absolute Gasteiger partial charge is 0.368 e. The van der Waals surface area contributed by atoms with Crippen LogP contribution in [0.4, 0.5) is 5.95 Å². The minimum absolute atomic E-state index is 0.0968. The second-order valence-corrected chi connectivity index (χ2v) is 8.20. The van der Waals surface area contributed by atoms with Gasteiger partial charge in [0.1, 0.15) is 0 Å². The molecule has 3 rings (SSSR count). The number of nitrogen functional groups attached to an aromatic ring is 1. The van der Waals surface area contributed by atoms with E-state index >= 15 is 0 Å². The number of nitrogens with two attached hydrogens (primary N) is 1. The molecule has 1 aromatic heterocycles. The first kappa shape index (κ1) is 18.3. The van der Waals surface area contributed by atoms with E-state index in [2.05, 4.69) is 9.97 Å². The summed E-state index contributed by atoms with van der Waals surface area (Å²) in [7, 11) is -3.23. The topological polar surface area (TPSA) is 109 Å². The highest BCUT2D eigenvalue weighted by Crippen LogP contribution is 2.19. The third kappa shape index (κ3) is 4.17. The number of rotatable bonds is 3. The molecule has 1 aliphatic heterocycles. The van der Waals surface area contributed by atoms with Crippen LogP contribution in [0, 0.1) is 0 Å². The summed E-state index contributed by atoms with van der Waals surface area (Å²) in [6, 6.07) is 7.19. The van der Waals surface area contributed by atoms with Gasteiger partial charge in [0.2, 0.25) is 16.0 Å². The second kappa shape index (κ2) is 7.38. The molecule has 0 unspecified atom stereocenters. The van der Waals surface area contributed by atoms with Crippen LogP contribution in [0.3, 0.4) is 0 Å². The van der Waals surface area contributed by atoms with Crippen molar-refractivity contribution in [3.8, 4) is 11.1 Å². The number of amides is 1. The average Bonchev–Trinajstić information content (AvgIpc) is 2.88. The number of carbonyl (C=O) groups excluding carboxylic acids is 1. The zero-order chi connectivity index (χ0) is 18.7. The lowest BCUT2D eigenvalue weighted by Gasteiger charge is -2.21. The van der Waals surface area contributed by atoms with Crippen molar-refractivity contribution >= 4 is 21.9 Å². The summed E-state index contributed by atoms with van der Waals surface area (Å²) in [6.45, 7) is 1.70. The third-order valence-corrected chi connectivity index (χ3v) is 5.65. The van der Waals surface area contributed by atoms with Crippen LogP contribution in [0.1, 0.15) is 16.8 Å². The van der Waals surface area contributed by atoms with E-state index in [1.807, 2.05) is 12.1 Å². The normalized spacial score (nSPS) is 16.3. The quantitative estimate of drug-likeness (QED) is 0.851. The van der Waals surface area contributed by atoms with Crippen molar-refractivity contribution in [1.82, 2.24) is 19.2 Å². The molecule has 1 saturated heterocycles. The predicted octanol–water partition coefficient (Wildman–Crippen LogP) is 0.833. The highest BCUT2D eigenvalue weighted by molar-refractivity contribution is 7.88. The summed E-state index contributed by atoms with van der Waals surface area (Å²) in [4.78, 5) is 22.3. The van der Waals surface area contributed by atoms with E-state index in [0.717, 1.165) is 11.1 Å². The van der Waals surface area contributed by atoms with Crippen LogP contribution in [0.5, 0.6) is 0 Å². The summed E-state index contributed by atoms with van der Waals surface area (Å²) >= 11 is 0. The van der Waals surface area contributed by atoms with Gasteiger partial charge in [0.15, 0.2) is 0 Å². The number of hydrogen-bond acceptors (Lipinski definition) is 6. The van der Waals surface area contributed by atoms with Crippen molar-refractivity contribution < 1.29 is 13.2 Å². The molecule has 8 nitrogen and oxygen atoms in total. The first-order valence-corrected chi connectivity index (χ1v) is 10.1. The van der Waals surface area contributed by atoms with Crippen LogP contribution in [-0.4, -0.2) is 65.9 Å². The number of aromatic nitrogens is 2. The highest BCUT2D eigenvalue weighted by Gasteiger charge is 2.24. The number of nitrogens with zero attached hydrogens (tertiary/aromatic N) is 4. The molecule has 0 radical (unpaired) electrons. The zero-order valence-corrected chi connectivity index (χ0v) is 15.3. The molecule has 2 N–H and O–H groups in total. The van der Waals surface area contributed by atoms with Gasteiger partial charge in [-0.1, -0.05) is 12.1 Å². The van der Waals surface area contributed by atoms with Gasteiger partial charge in [-0.25, -0.2) is 22.7 Å². The van der Waals surface area contributed by atoms with Gasteiger partial charge in [0, 0.05) is 49.7 Å². The SMILES string of the molecule is CS(=O)(=O)N1CCCN(C(=O)c2ccc(-c3cnc(N)nc3)cc2)CC1. The summed E-state index contributed by atoms with van der Waals surface area (Å²) in [5, 5.41) is 0. The highest BCUT2D eigenvalue weighted by atomic mass is 32.2. The van der Waals surface area contributed by atoms with E-state index in [4.69, 9.17) is 5.73 Å². The fraction of sp³-hybridized carbons (Fsp3) is 0.353. The van der Waals surface area contributed by atoms with Gasteiger partial charge in [-0.15, -0.1) is 0 Å². The maximum atomic E-state index is 12.7. The lowest BCUT2D eigenvalue weighted by atomic mass is 10.1.